The number of aryl methyl sites for hydroxylation is 1. The lowest BCUT2D eigenvalue weighted by atomic mass is 10.2. The predicted molar refractivity (Wildman–Crippen MR) is 149 cm³/mol. The molecule has 2 saturated heterocycles. The van der Waals surface area contributed by atoms with E-state index < -0.39 is 15.9 Å². The Kier molecular flexibility index (Phi) is 6.71. The summed E-state index contributed by atoms with van der Waals surface area (Å²) in [6.45, 7) is 4.35. The van der Waals surface area contributed by atoms with E-state index in [9.17, 15) is 18.0 Å². The van der Waals surface area contributed by atoms with Crippen LogP contribution >= 0.6 is 11.3 Å². The maximum atomic E-state index is 13.2. The van der Waals surface area contributed by atoms with Crippen LogP contribution in [0.25, 0.3) is 16.9 Å². The lowest BCUT2D eigenvalue weighted by molar-refractivity contribution is 0.102. The number of aromatic nitrogens is 4. The molecule has 2 N–H and O–H groups in total. The van der Waals surface area contributed by atoms with Crippen LogP contribution in [0.5, 0.6) is 0 Å². The average Bonchev–Trinajstić information content (AvgIpc) is 3.71. The van der Waals surface area contributed by atoms with Crippen molar-refractivity contribution in [1.82, 2.24) is 28.7 Å². The maximum absolute atomic E-state index is 13.2. The summed E-state index contributed by atoms with van der Waals surface area (Å²) in [5.74, 6) is -0.104. The van der Waals surface area contributed by atoms with E-state index in [1.54, 1.807) is 30.9 Å². The van der Waals surface area contributed by atoms with Crippen LogP contribution in [-0.2, 0) is 17.1 Å². The number of carbonyl (C=O) groups excluding carboxylic acids is 1. The molecule has 6 rings (SSSR count). The van der Waals surface area contributed by atoms with Gasteiger partial charge in [-0.3, -0.25) is 14.3 Å². The third-order valence-corrected chi connectivity index (χ3v) is 9.87. The van der Waals surface area contributed by atoms with E-state index in [4.69, 9.17) is 0 Å². The molecule has 4 aromatic rings. The van der Waals surface area contributed by atoms with Gasteiger partial charge in [0, 0.05) is 57.9 Å². The Labute approximate surface area is 228 Å². The fraction of sp³-hybridized carbons (Fsp3) is 0.360. The second-order valence-corrected chi connectivity index (χ2v) is 12.3. The van der Waals surface area contributed by atoms with Crippen molar-refractivity contribution < 1.29 is 13.2 Å². The van der Waals surface area contributed by atoms with E-state index in [-0.39, 0.29) is 15.6 Å². The zero-order valence-electron chi connectivity index (χ0n) is 21.3. The molecule has 0 bridgehead atoms. The maximum Gasteiger partial charge on any atom is 0.334 e. The molecule has 39 heavy (non-hydrogen) atoms. The van der Waals surface area contributed by atoms with Gasteiger partial charge >= 0.3 is 5.69 Å². The molecular formula is C25H28N8O4S2. The monoisotopic (exact) mass is 568 g/mol. The van der Waals surface area contributed by atoms with Crippen molar-refractivity contribution >= 4 is 49.7 Å². The molecular weight excluding hydrogens is 540 g/mol. The standard InChI is InChI=1S/C25H28N8O4S2/c1-30-21-14-17(39(36,37)32-10-2-3-11-32)4-5-20(21)33(25(30)35)22-16-38-24(29-22)23(34)28-18-15-27-7-6-19(18)31-12-8-26-9-13-31/h4-7,14-16,26H,2-3,8-13H2,1H3,(H,28,34). The van der Waals surface area contributed by atoms with Gasteiger partial charge in [-0.15, -0.1) is 11.3 Å². The van der Waals surface area contributed by atoms with Gasteiger partial charge in [0.05, 0.1) is 33.5 Å². The number of pyridine rings is 1. The molecule has 12 nitrogen and oxygen atoms in total. The third-order valence-electron chi connectivity index (χ3n) is 7.15. The van der Waals surface area contributed by atoms with Gasteiger partial charge < -0.3 is 15.5 Å². The van der Waals surface area contributed by atoms with Crippen LogP contribution in [0.2, 0.25) is 0 Å². The lowest BCUT2D eigenvalue weighted by Crippen LogP contribution is -2.43. The van der Waals surface area contributed by atoms with E-state index in [2.05, 4.69) is 25.5 Å². The van der Waals surface area contributed by atoms with Crippen LogP contribution in [-0.4, -0.2) is 77.0 Å². The number of imidazole rings is 1. The Bertz CT molecular complexity index is 1710. The van der Waals surface area contributed by atoms with Gasteiger partial charge in [-0.05, 0) is 37.1 Å². The minimum Gasteiger partial charge on any atom is -0.367 e. The molecule has 2 fully saturated rings. The molecule has 0 aliphatic carbocycles. The molecule has 5 heterocycles. The molecule has 3 aromatic heterocycles. The van der Waals surface area contributed by atoms with Crippen LogP contribution in [0.1, 0.15) is 22.6 Å². The van der Waals surface area contributed by atoms with Crippen LogP contribution in [0.4, 0.5) is 11.4 Å². The zero-order valence-corrected chi connectivity index (χ0v) is 23.0. The first kappa shape index (κ1) is 25.7. The van der Waals surface area contributed by atoms with Crippen molar-refractivity contribution in [2.45, 2.75) is 17.7 Å². The van der Waals surface area contributed by atoms with E-state index in [0.717, 1.165) is 56.0 Å². The summed E-state index contributed by atoms with van der Waals surface area (Å²) in [6, 6.07) is 6.54. The number of nitrogens with one attached hydrogen (secondary N) is 2. The van der Waals surface area contributed by atoms with Gasteiger partial charge in [-0.25, -0.2) is 22.8 Å². The van der Waals surface area contributed by atoms with E-state index >= 15 is 0 Å². The molecule has 0 saturated carbocycles. The molecule has 204 valence electrons. The van der Waals surface area contributed by atoms with E-state index in [1.807, 2.05) is 6.07 Å². The second-order valence-electron chi connectivity index (χ2n) is 9.53. The van der Waals surface area contributed by atoms with Gasteiger partial charge in [0.25, 0.3) is 5.91 Å². The number of benzene rings is 1. The van der Waals surface area contributed by atoms with Crippen molar-refractivity contribution in [2.75, 3.05) is 49.5 Å². The van der Waals surface area contributed by atoms with Gasteiger partial charge in [0.2, 0.25) is 10.0 Å². The number of rotatable bonds is 6. The summed E-state index contributed by atoms with van der Waals surface area (Å²) >= 11 is 1.13. The molecule has 2 aliphatic heterocycles. The lowest BCUT2D eigenvalue weighted by Gasteiger charge is -2.30. The van der Waals surface area contributed by atoms with Crippen LogP contribution in [0.3, 0.4) is 0 Å². The van der Waals surface area contributed by atoms with Gasteiger partial charge in [-0.2, -0.15) is 4.31 Å². The molecule has 0 unspecified atom stereocenters. The van der Waals surface area contributed by atoms with E-state index in [1.165, 1.54) is 25.6 Å². The fourth-order valence-electron chi connectivity index (χ4n) is 5.09. The number of anilines is 2. The van der Waals surface area contributed by atoms with Crippen LogP contribution in [0.15, 0.2) is 51.7 Å². The summed E-state index contributed by atoms with van der Waals surface area (Å²) in [4.78, 5) is 37.3. The number of nitrogens with zero attached hydrogens (tertiary/aromatic N) is 6. The van der Waals surface area contributed by atoms with Gasteiger partial charge in [0.15, 0.2) is 10.8 Å². The summed E-state index contributed by atoms with van der Waals surface area (Å²) in [7, 11) is -2.04. The number of fused-ring (bicyclic) bond motifs is 1. The Balaban J connectivity index is 1.29. The summed E-state index contributed by atoms with van der Waals surface area (Å²) in [5.41, 5.74) is 2.08. The minimum absolute atomic E-state index is 0.153. The summed E-state index contributed by atoms with van der Waals surface area (Å²) < 4.78 is 30.4. The van der Waals surface area contributed by atoms with Gasteiger partial charge in [-0.1, -0.05) is 0 Å². The highest BCUT2D eigenvalue weighted by atomic mass is 32.2. The Morgan fingerprint density at radius 1 is 1.08 bits per heavy atom. The first-order valence-electron chi connectivity index (χ1n) is 12.7. The number of hydrogen-bond donors (Lipinski definition) is 2. The number of hydrogen-bond acceptors (Lipinski definition) is 9. The van der Waals surface area contributed by atoms with Crippen molar-refractivity contribution in [3.05, 3.63) is 57.5 Å². The Hall–Kier alpha value is -3.59. The number of carbonyl (C=O) groups is 1. The predicted octanol–water partition coefficient (Wildman–Crippen LogP) is 1.63. The van der Waals surface area contributed by atoms with Crippen molar-refractivity contribution in [2.24, 2.45) is 7.05 Å². The topological polar surface area (TPSA) is 134 Å². The largest absolute Gasteiger partial charge is 0.367 e. The number of amides is 1. The first-order valence-corrected chi connectivity index (χ1v) is 15.0. The number of thiazole rings is 1. The van der Waals surface area contributed by atoms with Crippen molar-refractivity contribution in [3.63, 3.8) is 0 Å². The van der Waals surface area contributed by atoms with Crippen LogP contribution < -0.4 is 21.2 Å². The number of sulfonamides is 1. The Morgan fingerprint density at radius 3 is 2.62 bits per heavy atom. The SMILES string of the molecule is Cn1c(=O)n(-c2csc(C(=O)Nc3cnccc3N3CCNCC3)n2)c2ccc(S(=O)(=O)N3CCCC3)cc21. The highest BCUT2D eigenvalue weighted by molar-refractivity contribution is 7.89. The average molecular weight is 569 g/mol. The first-order chi connectivity index (χ1) is 18.8. The molecule has 1 aromatic carbocycles. The fourth-order valence-corrected chi connectivity index (χ4v) is 7.31. The normalized spacial score (nSPS) is 16.7. The molecule has 1 amide bonds. The highest BCUT2D eigenvalue weighted by Crippen LogP contribution is 2.28. The van der Waals surface area contributed by atoms with Crippen molar-refractivity contribution in [1.29, 1.82) is 0 Å². The third kappa shape index (κ3) is 4.62. The van der Waals surface area contributed by atoms with Crippen LogP contribution in [0, 0.1) is 0 Å². The molecule has 0 atom stereocenters. The smallest absolute Gasteiger partial charge is 0.334 e. The summed E-state index contributed by atoms with van der Waals surface area (Å²) in [5, 5.41) is 8.07. The molecule has 2 aliphatic rings. The van der Waals surface area contributed by atoms with Gasteiger partial charge in [0.1, 0.15) is 0 Å². The van der Waals surface area contributed by atoms with E-state index in [0.29, 0.717) is 35.6 Å². The zero-order chi connectivity index (χ0) is 27.1. The van der Waals surface area contributed by atoms with Crippen molar-refractivity contribution in [3.8, 4) is 5.82 Å². The molecule has 0 radical (unpaired) electrons. The molecule has 0 spiro atoms. The Morgan fingerprint density at radius 2 is 1.85 bits per heavy atom. The summed E-state index contributed by atoms with van der Waals surface area (Å²) in [6.07, 6.45) is 5.00. The number of piperazine rings is 1. The molecule has 14 heteroatoms. The second kappa shape index (κ2) is 10.2. The highest BCUT2D eigenvalue weighted by Gasteiger charge is 2.28. The minimum atomic E-state index is -3.63. The quantitative estimate of drug-likeness (QED) is 0.359.